The van der Waals surface area contributed by atoms with Crippen LogP contribution in [0.1, 0.15) is 49.4 Å². The number of nitrogens with zero attached hydrogens (tertiary/aromatic N) is 2. The molecular weight excluding hydrogens is 562 g/mol. The van der Waals surface area contributed by atoms with Crippen LogP contribution in [-0.4, -0.2) is 46.5 Å². The summed E-state index contributed by atoms with van der Waals surface area (Å²) in [6.07, 6.45) is 6.79. The van der Waals surface area contributed by atoms with E-state index in [1.54, 1.807) is 24.4 Å². The first-order valence-electron chi connectivity index (χ1n) is 13.6. The van der Waals surface area contributed by atoms with E-state index in [4.69, 9.17) is 4.74 Å². The fourth-order valence-electron chi connectivity index (χ4n) is 5.09. The summed E-state index contributed by atoms with van der Waals surface area (Å²) >= 11 is 0. The molecule has 5 rings (SSSR count). The van der Waals surface area contributed by atoms with Gasteiger partial charge in [-0.05, 0) is 74.4 Å². The number of ether oxygens (including phenoxy) is 1. The SMILES string of the molecule is CCC1(O)CCC(CNc2ccc(S(=O)(=O)NC(=O)c3ccccc3Oc3cnc4[nH]ccc4c3)cc2[N+](=O)[O-])CC1. The van der Waals surface area contributed by atoms with Gasteiger partial charge < -0.3 is 20.1 Å². The van der Waals surface area contributed by atoms with Crippen LogP contribution in [-0.2, 0) is 10.0 Å². The summed E-state index contributed by atoms with van der Waals surface area (Å²) in [5, 5.41) is 26.1. The van der Waals surface area contributed by atoms with Crippen LogP contribution in [0.15, 0.2) is 71.9 Å². The molecular formula is C29H31N5O7S. The zero-order valence-corrected chi connectivity index (χ0v) is 23.7. The molecule has 1 aliphatic rings. The Balaban J connectivity index is 1.30. The van der Waals surface area contributed by atoms with Gasteiger partial charge in [-0.1, -0.05) is 19.1 Å². The fraction of sp³-hybridized carbons (Fsp3) is 0.310. The number of pyridine rings is 1. The van der Waals surface area contributed by atoms with Crippen molar-refractivity contribution in [2.24, 2.45) is 5.92 Å². The third-order valence-corrected chi connectivity index (χ3v) is 9.04. The number of aliphatic hydroxyl groups is 1. The van der Waals surface area contributed by atoms with E-state index < -0.39 is 37.0 Å². The predicted octanol–water partition coefficient (Wildman–Crippen LogP) is 5.13. The quantitative estimate of drug-likeness (QED) is 0.143. The Morgan fingerprint density at radius 2 is 1.95 bits per heavy atom. The normalized spacial score (nSPS) is 18.9. The van der Waals surface area contributed by atoms with E-state index in [1.165, 1.54) is 30.5 Å². The van der Waals surface area contributed by atoms with Crippen LogP contribution >= 0.6 is 0 Å². The molecule has 0 unspecified atom stereocenters. The van der Waals surface area contributed by atoms with Gasteiger partial charge in [-0.2, -0.15) is 0 Å². The number of H-pyrrole nitrogens is 1. The van der Waals surface area contributed by atoms with E-state index in [9.17, 15) is 28.4 Å². The number of nitrogens with one attached hydrogen (secondary N) is 3. The van der Waals surface area contributed by atoms with Gasteiger partial charge in [-0.25, -0.2) is 18.1 Å². The number of anilines is 1. The van der Waals surface area contributed by atoms with Crippen LogP contribution in [0.3, 0.4) is 0 Å². The summed E-state index contributed by atoms with van der Waals surface area (Å²) in [7, 11) is -4.47. The number of benzene rings is 2. The molecule has 12 nitrogen and oxygen atoms in total. The number of nitro groups is 1. The van der Waals surface area contributed by atoms with Gasteiger partial charge in [0.25, 0.3) is 21.6 Å². The van der Waals surface area contributed by atoms with Crippen molar-refractivity contribution in [2.45, 2.75) is 49.5 Å². The molecule has 1 saturated carbocycles. The minimum Gasteiger partial charge on any atom is -0.455 e. The zero-order valence-electron chi connectivity index (χ0n) is 22.9. The number of carbonyl (C=O) groups excluding carboxylic acids is 1. The number of para-hydroxylation sites is 1. The highest BCUT2D eigenvalue weighted by atomic mass is 32.2. The summed E-state index contributed by atoms with van der Waals surface area (Å²) in [5.41, 5.74) is -0.293. The maximum absolute atomic E-state index is 13.1. The number of amides is 1. The molecule has 2 aromatic heterocycles. The molecule has 2 aromatic carbocycles. The first-order valence-corrected chi connectivity index (χ1v) is 15.1. The topological polar surface area (TPSA) is 177 Å². The number of hydrogen-bond donors (Lipinski definition) is 4. The van der Waals surface area contributed by atoms with Gasteiger partial charge in [0.05, 0.1) is 27.2 Å². The van der Waals surface area contributed by atoms with Crippen molar-refractivity contribution in [1.29, 1.82) is 0 Å². The van der Waals surface area contributed by atoms with Crippen LogP contribution in [0, 0.1) is 16.0 Å². The van der Waals surface area contributed by atoms with Crippen molar-refractivity contribution in [3.8, 4) is 11.5 Å². The second-order valence-electron chi connectivity index (χ2n) is 10.5. The van der Waals surface area contributed by atoms with E-state index >= 15 is 0 Å². The van der Waals surface area contributed by atoms with Gasteiger partial charge in [-0.3, -0.25) is 14.9 Å². The molecule has 4 N–H and O–H groups in total. The van der Waals surface area contributed by atoms with Crippen molar-refractivity contribution in [3.63, 3.8) is 0 Å². The number of aromatic nitrogens is 2. The lowest BCUT2D eigenvalue weighted by molar-refractivity contribution is -0.384. The Labute approximate surface area is 242 Å². The van der Waals surface area contributed by atoms with Crippen LogP contribution < -0.4 is 14.8 Å². The second-order valence-corrected chi connectivity index (χ2v) is 12.1. The lowest BCUT2D eigenvalue weighted by atomic mass is 9.77. The van der Waals surface area contributed by atoms with E-state index in [2.05, 4.69) is 15.3 Å². The number of nitro benzene ring substituents is 1. The van der Waals surface area contributed by atoms with Crippen molar-refractivity contribution >= 4 is 38.3 Å². The molecule has 0 bridgehead atoms. The number of rotatable bonds is 10. The Bertz CT molecular complexity index is 1730. The molecule has 220 valence electrons. The third kappa shape index (κ3) is 6.37. The molecule has 0 saturated heterocycles. The van der Waals surface area contributed by atoms with E-state index in [-0.39, 0.29) is 22.9 Å². The maximum atomic E-state index is 13.1. The average Bonchev–Trinajstić information content (AvgIpc) is 3.45. The van der Waals surface area contributed by atoms with E-state index in [1.807, 2.05) is 17.7 Å². The summed E-state index contributed by atoms with van der Waals surface area (Å²) in [5.74, 6) is -0.289. The Hall–Kier alpha value is -4.49. The van der Waals surface area contributed by atoms with Gasteiger partial charge in [0.1, 0.15) is 22.8 Å². The molecule has 0 radical (unpaired) electrons. The summed E-state index contributed by atoms with van der Waals surface area (Å²) in [6, 6.07) is 13.1. The average molecular weight is 594 g/mol. The lowest BCUT2D eigenvalue weighted by Gasteiger charge is -2.35. The predicted molar refractivity (Wildman–Crippen MR) is 156 cm³/mol. The largest absolute Gasteiger partial charge is 0.455 e. The molecule has 1 aliphatic carbocycles. The standard InChI is InChI=1S/C29H31N5O7S/c1-2-29(36)12-9-19(10-13-29)17-31-24-8-7-22(16-25(24)34(37)38)42(39,40)33-28(35)23-5-3-4-6-26(23)41-21-15-20-11-14-30-27(20)32-18-21/h3-8,11,14-16,18-19,31,36H,2,9-10,12-13,17H2,1H3,(H,30,32)(H,33,35). The molecule has 1 amide bonds. The molecule has 0 spiro atoms. The van der Waals surface area contributed by atoms with Crippen molar-refractivity contribution in [3.05, 3.63) is 82.7 Å². The number of hydrogen-bond acceptors (Lipinski definition) is 9. The first-order chi connectivity index (χ1) is 20.1. The zero-order chi connectivity index (χ0) is 29.9. The molecule has 1 fully saturated rings. The number of carbonyl (C=O) groups is 1. The smallest absolute Gasteiger partial charge is 0.293 e. The number of sulfonamides is 1. The van der Waals surface area contributed by atoms with Crippen molar-refractivity contribution in [2.75, 3.05) is 11.9 Å². The monoisotopic (exact) mass is 593 g/mol. The van der Waals surface area contributed by atoms with Crippen molar-refractivity contribution < 1.29 is 28.0 Å². The highest BCUT2D eigenvalue weighted by Crippen LogP contribution is 2.35. The molecule has 13 heteroatoms. The van der Waals surface area contributed by atoms with Crippen LogP contribution in [0.5, 0.6) is 11.5 Å². The first kappa shape index (κ1) is 29.0. The molecule has 4 aromatic rings. The van der Waals surface area contributed by atoms with E-state index in [0.717, 1.165) is 24.3 Å². The fourth-order valence-corrected chi connectivity index (χ4v) is 6.07. The molecule has 0 aliphatic heterocycles. The Kier molecular flexibility index (Phi) is 8.14. The van der Waals surface area contributed by atoms with E-state index in [0.29, 0.717) is 37.2 Å². The summed E-state index contributed by atoms with van der Waals surface area (Å²) < 4.78 is 34.1. The molecule has 0 atom stereocenters. The Morgan fingerprint density at radius 1 is 1.19 bits per heavy atom. The Morgan fingerprint density at radius 3 is 2.69 bits per heavy atom. The van der Waals surface area contributed by atoms with Gasteiger partial charge in [0.2, 0.25) is 0 Å². The highest BCUT2D eigenvalue weighted by molar-refractivity contribution is 7.90. The third-order valence-electron chi connectivity index (χ3n) is 7.71. The lowest BCUT2D eigenvalue weighted by Crippen LogP contribution is -2.35. The minimum atomic E-state index is -4.47. The number of fused-ring (bicyclic) bond motifs is 1. The van der Waals surface area contributed by atoms with Crippen LogP contribution in [0.4, 0.5) is 11.4 Å². The minimum absolute atomic E-state index is 0.0505. The molecule has 42 heavy (non-hydrogen) atoms. The summed E-state index contributed by atoms with van der Waals surface area (Å²) in [4.78, 5) is 31.0. The van der Waals surface area contributed by atoms with Crippen molar-refractivity contribution in [1.82, 2.24) is 14.7 Å². The second kappa shape index (κ2) is 11.8. The van der Waals surface area contributed by atoms with Gasteiger partial charge in [0, 0.05) is 24.2 Å². The van der Waals surface area contributed by atoms with Gasteiger partial charge in [-0.15, -0.1) is 0 Å². The molecule has 2 heterocycles. The maximum Gasteiger partial charge on any atom is 0.293 e. The van der Waals surface area contributed by atoms with Crippen LogP contribution in [0.25, 0.3) is 11.0 Å². The highest BCUT2D eigenvalue weighted by Gasteiger charge is 2.32. The van der Waals surface area contributed by atoms with Crippen LogP contribution in [0.2, 0.25) is 0 Å². The van der Waals surface area contributed by atoms with Gasteiger partial charge >= 0.3 is 0 Å². The van der Waals surface area contributed by atoms with Gasteiger partial charge in [0.15, 0.2) is 0 Å². The number of aromatic amines is 1. The summed E-state index contributed by atoms with van der Waals surface area (Å²) in [6.45, 7) is 2.41.